The molecule has 0 radical (unpaired) electrons. The number of aryl methyl sites for hydroxylation is 1. The van der Waals surface area contributed by atoms with Gasteiger partial charge in [0.25, 0.3) is 0 Å². The summed E-state index contributed by atoms with van der Waals surface area (Å²) in [6.07, 6.45) is 7.72. The number of hydrogen-bond acceptors (Lipinski definition) is 3. The molecular formula is C20H19N5O. The van der Waals surface area contributed by atoms with Gasteiger partial charge in [0.2, 0.25) is 5.91 Å². The second-order valence-electron chi connectivity index (χ2n) is 6.03. The van der Waals surface area contributed by atoms with Gasteiger partial charge in [0.1, 0.15) is 0 Å². The molecular weight excluding hydrogens is 326 g/mol. The van der Waals surface area contributed by atoms with E-state index < -0.39 is 0 Å². The number of fused-ring (bicyclic) bond motifs is 1. The van der Waals surface area contributed by atoms with Crippen LogP contribution in [0.1, 0.15) is 12.0 Å². The highest BCUT2D eigenvalue weighted by atomic mass is 16.1. The zero-order chi connectivity index (χ0) is 17.8. The van der Waals surface area contributed by atoms with Gasteiger partial charge < -0.3 is 9.88 Å². The van der Waals surface area contributed by atoms with E-state index in [4.69, 9.17) is 0 Å². The quantitative estimate of drug-likeness (QED) is 0.584. The molecule has 6 nitrogen and oxygen atoms in total. The lowest BCUT2D eigenvalue weighted by Gasteiger charge is -2.10. The number of hydrogen-bond donors (Lipinski definition) is 1. The molecule has 0 aliphatic carbocycles. The summed E-state index contributed by atoms with van der Waals surface area (Å²) in [4.78, 5) is 16.6. The minimum atomic E-state index is 0.0121. The van der Waals surface area contributed by atoms with Crippen molar-refractivity contribution < 1.29 is 4.79 Å². The highest BCUT2D eigenvalue weighted by molar-refractivity contribution is 5.80. The highest BCUT2D eigenvalue weighted by Crippen LogP contribution is 2.15. The van der Waals surface area contributed by atoms with Crippen LogP contribution in [0.3, 0.4) is 0 Å². The third-order valence-electron chi connectivity index (χ3n) is 4.32. The number of benzene rings is 1. The molecule has 26 heavy (non-hydrogen) atoms. The molecule has 1 amide bonds. The Kier molecular flexibility index (Phi) is 4.47. The molecule has 3 aromatic heterocycles. The second kappa shape index (κ2) is 7.23. The minimum Gasteiger partial charge on any atom is -0.352 e. The van der Waals surface area contributed by atoms with E-state index in [1.165, 1.54) is 5.39 Å². The topological polar surface area (TPSA) is 64.7 Å². The first-order chi connectivity index (χ1) is 12.8. The summed E-state index contributed by atoms with van der Waals surface area (Å²) in [7, 11) is 0. The molecule has 130 valence electrons. The fourth-order valence-electron chi connectivity index (χ4n) is 3.01. The molecule has 0 aliphatic rings. The molecule has 0 atom stereocenters. The van der Waals surface area contributed by atoms with Gasteiger partial charge in [-0.3, -0.25) is 4.79 Å². The van der Waals surface area contributed by atoms with Crippen molar-refractivity contribution in [1.29, 1.82) is 0 Å². The summed E-state index contributed by atoms with van der Waals surface area (Å²) in [5.41, 5.74) is 2.07. The molecule has 4 aromatic rings. The third kappa shape index (κ3) is 3.35. The van der Waals surface area contributed by atoms with Crippen molar-refractivity contribution in [3.05, 3.63) is 78.9 Å². The number of amides is 1. The van der Waals surface area contributed by atoms with E-state index in [0.29, 0.717) is 19.5 Å². The number of nitrogens with one attached hydrogen (secondary N) is 1. The average Bonchev–Trinajstić information content (AvgIpc) is 3.35. The summed E-state index contributed by atoms with van der Waals surface area (Å²) in [5.74, 6) is 0.743. The number of carbonyl (C=O) groups is 1. The fourth-order valence-corrected chi connectivity index (χ4v) is 3.01. The summed E-state index contributed by atoms with van der Waals surface area (Å²) >= 11 is 0. The first kappa shape index (κ1) is 16.1. The van der Waals surface area contributed by atoms with Gasteiger partial charge in [0.05, 0.1) is 0 Å². The molecule has 1 aromatic carbocycles. The number of nitrogens with zero attached hydrogens (tertiary/aromatic N) is 4. The number of rotatable bonds is 6. The zero-order valence-corrected chi connectivity index (χ0v) is 14.2. The molecule has 1 N–H and O–H groups in total. The SMILES string of the molecule is O=C(CCn1ccc2ccccc21)NCc1cccnc1-n1cccn1. The monoisotopic (exact) mass is 345 g/mol. The normalized spacial score (nSPS) is 10.9. The van der Waals surface area contributed by atoms with Crippen LogP contribution in [0.5, 0.6) is 0 Å². The van der Waals surface area contributed by atoms with E-state index in [2.05, 4.69) is 38.2 Å². The maximum atomic E-state index is 12.3. The van der Waals surface area contributed by atoms with Crippen molar-refractivity contribution in [1.82, 2.24) is 24.6 Å². The van der Waals surface area contributed by atoms with Crippen LogP contribution in [0, 0.1) is 0 Å². The van der Waals surface area contributed by atoms with Crippen LogP contribution in [0.15, 0.2) is 73.3 Å². The van der Waals surface area contributed by atoms with Crippen molar-refractivity contribution in [2.24, 2.45) is 0 Å². The summed E-state index contributed by atoms with van der Waals surface area (Å²) in [6.45, 7) is 1.08. The summed E-state index contributed by atoms with van der Waals surface area (Å²) < 4.78 is 3.81. The van der Waals surface area contributed by atoms with Gasteiger partial charge in [0, 0.05) is 55.4 Å². The summed E-state index contributed by atoms with van der Waals surface area (Å²) in [6, 6.07) is 15.9. The van der Waals surface area contributed by atoms with E-state index in [1.807, 2.05) is 42.7 Å². The van der Waals surface area contributed by atoms with E-state index in [0.717, 1.165) is 16.9 Å². The minimum absolute atomic E-state index is 0.0121. The lowest BCUT2D eigenvalue weighted by Crippen LogP contribution is -2.24. The Labute approximate surface area is 151 Å². The average molecular weight is 345 g/mol. The van der Waals surface area contributed by atoms with Crippen LogP contribution in [-0.4, -0.2) is 25.2 Å². The molecule has 0 saturated heterocycles. The molecule has 0 spiro atoms. The third-order valence-corrected chi connectivity index (χ3v) is 4.32. The van der Waals surface area contributed by atoms with Crippen molar-refractivity contribution in [2.45, 2.75) is 19.5 Å². The van der Waals surface area contributed by atoms with Crippen molar-refractivity contribution in [3.8, 4) is 5.82 Å². The van der Waals surface area contributed by atoms with Gasteiger partial charge in [-0.15, -0.1) is 0 Å². The van der Waals surface area contributed by atoms with Gasteiger partial charge in [-0.25, -0.2) is 9.67 Å². The first-order valence-electron chi connectivity index (χ1n) is 8.56. The Balaban J connectivity index is 1.38. The second-order valence-corrected chi connectivity index (χ2v) is 6.03. The molecule has 3 heterocycles. The number of carbonyl (C=O) groups excluding carboxylic acids is 1. The zero-order valence-electron chi connectivity index (χ0n) is 14.2. The van der Waals surface area contributed by atoms with Crippen LogP contribution in [-0.2, 0) is 17.9 Å². The Bertz CT molecular complexity index is 1020. The Morgan fingerprint density at radius 1 is 1.00 bits per heavy atom. The standard InChI is InChI=1S/C20H19N5O/c26-19(9-14-24-13-8-16-5-1-2-7-18(16)24)22-15-17-6-3-10-21-20(17)25-12-4-11-23-25/h1-8,10-13H,9,14-15H2,(H,22,26). The van der Waals surface area contributed by atoms with Gasteiger partial charge >= 0.3 is 0 Å². The number of para-hydroxylation sites is 1. The molecule has 6 heteroatoms. The van der Waals surface area contributed by atoms with Gasteiger partial charge in [-0.1, -0.05) is 24.3 Å². The Hall–Kier alpha value is -3.41. The maximum absolute atomic E-state index is 12.3. The van der Waals surface area contributed by atoms with Gasteiger partial charge in [-0.2, -0.15) is 5.10 Å². The van der Waals surface area contributed by atoms with Crippen LogP contribution >= 0.6 is 0 Å². The fraction of sp³-hybridized carbons (Fsp3) is 0.150. The maximum Gasteiger partial charge on any atom is 0.222 e. The Morgan fingerprint density at radius 3 is 2.81 bits per heavy atom. The van der Waals surface area contributed by atoms with Crippen molar-refractivity contribution in [2.75, 3.05) is 0 Å². The molecule has 0 bridgehead atoms. The van der Waals surface area contributed by atoms with E-state index >= 15 is 0 Å². The van der Waals surface area contributed by atoms with Crippen molar-refractivity contribution >= 4 is 16.8 Å². The lowest BCUT2D eigenvalue weighted by molar-refractivity contribution is -0.121. The van der Waals surface area contributed by atoms with Crippen LogP contribution in [0.2, 0.25) is 0 Å². The number of pyridine rings is 1. The first-order valence-corrected chi connectivity index (χ1v) is 8.56. The van der Waals surface area contributed by atoms with Gasteiger partial charge in [-0.05, 0) is 29.7 Å². The number of aromatic nitrogens is 4. The smallest absolute Gasteiger partial charge is 0.222 e. The largest absolute Gasteiger partial charge is 0.352 e. The van der Waals surface area contributed by atoms with Crippen LogP contribution < -0.4 is 5.32 Å². The molecule has 0 fully saturated rings. The molecule has 0 saturated carbocycles. The molecule has 0 aliphatic heterocycles. The molecule has 4 rings (SSSR count). The van der Waals surface area contributed by atoms with Crippen LogP contribution in [0.25, 0.3) is 16.7 Å². The summed E-state index contributed by atoms with van der Waals surface area (Å²) in [5, 5.41) is 8.38. The highest BCUT2D eigenvalue weighted by Gasteiger charge is 2.08. The van der Waals surface area contributed by atoms with E-state index in [9.17, 15) is 4.79 Å². The predicted molar refractivity (Wildman–Crippen MR) is 99.8 cm³/mol. The van der Waals surface area contributed by atoms with Gasteiger partial charge in [0.15, 0.2) is 5.82 Å². The van der Waals surface area contributed by atoms with Crippen molar-refractivity contribution in [3.63, 3.8) is 0 Å². The van der Waals surface area contributed by atoms with E-state index in [-0.39, 0.29) is 5.91 Å². The Morgan fingerprint density at radius 2 is 1.92 bits per heavy atom. The van der Waals surface area contributed by atoms with E-state index in [1.54, 1.807) is 17.1 Å². The lowest BCUT2D eigenvalue weighted by atomic mass is 10.2. The van der Waals surface area contributed by atoms with Crippen LogP contribution in [0.4, 0.5) is 0 Å². The molecule has 0 unspecified atom stereocenters. The predicted octanol–water partition coefficient (Wildman–Crippen LogP) is 2.93.